The Kier molecular flexibility index (Phi) is 387. The first-order valence-corrected chi connectivity index (χ1v) is 0.775. The molecule has 0 rings (SSSR count). The molecular weight excluding hydrogens is 162 g/mol. The predicted molar refractivity (Wildman–Crippen MR) is 31.6 cm³/mol. The Hall–Kier alpha value is 0.745. The Morgan fingerprint density at radius 3 is 0.700 bits per heavy atom. The van der Waals surface area contributed by atoms with Gasteiger partial charge in [0.1, 0.15) is 0 Å². The van der Waals surface area contributed by atoms with E-state index in [1.165, 1.54) is 0 Å². The van der Waals surface area contributed by atoms with Crippen LogP contribution in [0.5, 0.6) is 0 Å². The molecule has 0 atom stereocenters. The molecule has 0 heterocycles. The van der Waals surface area contributed by atoms with Crippen molar-refractivity contribution in [3.8, 4) is 0 Å². The van der Waals surface area contributed by atoms with Crippen LogP contribution in [-0.4, -0.2) is 49.8 Å². The summed E-state index contributed by atoms with van der Waals surface area (Å²) in [6.45, 7) is 0. The summed E-state index contributed by atoms with van der Waals surface area (Å²) in [6, 6.07) is 0. The van der Waals surface area contributed by atoms with Gasteiger partial charge in [-0.1, -0.05) is 0 Å². The molecule has 0 unspecified atom stereocenters. The van der Waals surface area contributed by atoms with E-state index in [4.69, 9.17) is 15.1 Å². The zero-order valence-electron chi connectivity index (χ0n) is 6.42. The van der Waals surface area contributed by atoms with Gasteiger partial charge in [-0.3, -0.25) is 0 Å². The van der Waals surface area contributed by atoms with Crippen molar-refractivity contribution < 1.29 is 73.4 Å². The SMILES string of the molecule is O.O.O.O.O.OB(O)O.[H-].[Na+]. The molecule has 0 saturated heterocycles. The molecule has 0 aromatic heterocycles. The van der Waals surface area contributed by atoms with Crippen molar-refractivity contribution in [1.82, 2.24) is 0 Å². The quantitative estimate of drug-likeness (QED) is 0.306. The van der Waals surface area contributed by atoms with Crippen LogP contribution in [0.3, 0.4) is 0 Å². The van der Waals surface area contributed by atoms with E-state index in [1.807, 2.05) is 0 Å². The Morgan fingerprint density at radius 2 is 0.700 bits per heavy atom. The summed E-state index contributed by atoms with van der Waals surface area (Å²) in [5.41, 5.74) is 0. The van der Waals surface area contributed by atoms with Crippen LogP contribution in [0.4, 0.5) is 0 Å². The van der Waals surface area contributed by atoms with Crippen LogP contribution in [0.2, 0.25) is 0 Å². The second kappa shape index (κ2) is 53.1. The average Bonchev–Trinajstić information content (AvgIpc) is 0.811. The first-order chi connectivity index (χ1) is 1.73. The van der Waals surface area contributed by atoms with E-state index in [1.54, 1.807) is 0 Å². The molecule has 8 nitrogen and oxygen atoms in total. The molecule has 0 aliphatic heterocycles. The molecule has 0 aliphatic rings. The summed E-state index contributed by atoms with van der Waals surface area (Å²) in [4.78, 5) is 0. The molecule has 10 heavy (non-hydrogen) atoms. The van der Waals surface area contributed by atoms with Crippen molar-refractivity contribution in [3.63, 3.8) is 0 Å². The Bertz CT molecular complexity index is 18.8. The minimum Gasteiger partial charge on any atom is -1.00 e. The van der Waals surface area contributed by atoms with Crippen LogP contribution < -0.4 is 29.6 Å². The largest absolute Gasteiger partial charge is 1.00 e. The van der Waals surface area contributed by atoms with Gasteiger partial charge in [0.25, 0.3) is 0 Å². The predicted octanol–water partition coefficient (Wildman–Crippen LogP) is -9.06. The zero-order valence-corrected chi connectivity index (χ0v) is 7.42. The van der Waals surface area contributed by atoms with Gasteiger partial charge in [0.05, 0.1) is 0 Å². The number of hydrogen-bond donors (Lipinski definition) is 3. The van der Waals surface area contributed by atoms with E-state index < -0.39 is 7.32 Å². The van der Waals surface area contributed by atoms with E-state index in [9.17, 15) is 0 Å². The van der Waals surface area contributed by atoms with Crippen molar-refractivity contribution in [2.75, 3.05) is 0 Å². The van der Waals surface area contributed by atoms with Crippen LogP contribution in [0.15, 0.2) is 0 Å². The summed E-state index contributed by atoms with van der Waals surface area (Å²) in [6.07, 6.45) is 0. The smallest absolute Gasteiger partial charge is 1.00 e. The van der Waals surface area contributed by atoms with Gasteiger partial charge in [0.15, 0.2) is 0 Å². The van der Waals surface area contributed by atoms with E-state index >= 15 is 0 Å². The van der Waals surface area contributed by atoms with Gasteiger partial charge in [-0.05, 0) is 0 Å². The summed E-state index contributed by atoms with van der Waals surface area (Å²) in [5, 5.41) is 21.5. The Labute approximate surface area is 81.0 Å². The minimum absolute atomic E-state index is 0. The molecule has 0 saturated carbocycles. The van der Waals surface area contributed by atoms with Crippen molar-refractivity contribution in [1.29, 1.82) is 0 Å². The molecular formula is H14BNaO8. The molecule has 10 heteroatoms. The molecule has 66 valence electrons. The summed E-state index contributed by atoms with van der Waals surface area (Å²) < 4.78 is 0. The molecule has 13 N–H and O–H groups in total. The third kappa shape index (κ3) is 945. The van der Waals surface area contributed by atoms with Gasteiger partial charge in [0.2, 0.25) is 0 Å². The monoisotopic (exact) mass is 176 g/mol. The van der Waals surface area contributed by atoms with Crippen molar-refractivity contribution in [2.45, 2.75) is 0 Å². The molecule has 0 aliphatic carbocycles. The van der Waals surface area contributed by atoms with E-state index in [2.05, 4.69) is 0 Å². The number of hydrogen-bond acceptors (Lipinski definition) is 3. The fourth-order valence-corrected chi connectivity index (χ4v) is 0. The normalized spacial score (nSPS) is 2.70. The summed E-state index contributed by atoms with van der Waals surface area (Å²) >= 11 is 0. The van der Waals surface area contributed by atoms with Crippen LogP contribution in [0.25, 0.3) is 0 Å². The third-order valence-corrected chi connectivity index (χ3v) is 0. The van der Waals surface area contributed by atoms with Crippen LogP contribution >= 0.6 is 0 Å². The molecule has 0 aromatic carbocycles. The van der Waals surface area contributed by atoms with E-state index in [0.29, 0.717) is 0 Å². The maximum Gasteiger partial charge on any atom is 1.00 e. The van der Waals surface area contributed by atoms with Gasteiger partial charge in [-0.2, -0.15) is 0 Å². The first-order valence-electron chi connectivity index (χ1n) is 0.775. The minimum atomic E-state index is -2.17. The van der Waals surface area contributed by atoms with Crippen molar-refractivity contribution in [2.24, 2.45) is 0 Å². The Balaban J connectivity index is -0.00000000214. The third-order valence-electron chi connectivity index (χ3n) is 0. The van der Waals surface area contributed by atoms with Crippen LogP contribution in [-0.2, 0) is 0 Å². The Morgan fingerprint density at radius 1 is 0.700 bits per heavy atom. The first kappa shape index (κ1) is 72.8. The molecule has 0 aromatic rings. The molecule has 0 fully saturated rings. The van der Waals surface area contributed by atoms with Gasteiger partial charge < -0.3 is 43.9 Å². The second-order valence-electron chi connectivity index (χ2n) is 0.346. The van der Waals surface area contributed by atoms with Crippen molar-refractivity contribution in [3.05, 3.63) is 0 Å². The standard InChI is InChI=1S/BH3O3.Na.5H2O.H/c2-1(3)4;;;;;;;/h2-4H;;5*1H2;/q;+1;;;;;;-1. The van der Waals surface area contributed by atoms with Gasteiger partial charge in [-0.15, -0.1) is 0 Å². The molecule has 0 radical (unpaired) electrons. The zero-order chi connectivity index (χ0) is 3.58. The molecule has 0 bridgehead atoms. The van der Waals surface area contributed by atoms with E-state index in [-0.39, 0.29) is 58.4 Å². The van der Waals surface area contributed by atoms with E-state index in [0.717, 1.165) is 0 Å². The fraction of sp³-hybridized carbons (Fsp3) is 0. The molecule has 0 amide bonds. The fourth-order valence-electron chi connectivity index (χ4n) is 0. The van der Waals surface area contributed by atoms with Crippen molar-refractivity contribution >= 4 is 7.32 Å². The summed E-state index contributed by atoms with van der Waals surface area (Å²) in [7, 11) is -2.17. The van der Waals surface area contributed by atoms with Crippen LogP contribution in [0.1, 0.15) is 1.43 Å². The average molecular weight is 176 g/mol. The number of rotatable bonds is 0. The summed E-state index contributed by atoms with van der Waals surface area (Å²) in [5.74, 6) is 0. The maximum absolute atomic E-state index is 7.17. The van der Waals surface area contributed by atoms with Gasteiger partial charge in [0, 0.05) is 0 Å². The van der Waals surface area contributed by atoms with Gasteiger partial charge >= 0.3 is 36.9 Å². The second-order valence-corrected chi connectivity index (χ2v) is 0.346. The van der Waals surface area contributed by atoms with Crippen LogP contribution in [0, 0.1) is 0 Å². The van der Waals surface area contributed by atoms with Gasteiger partial charge in [-0.25, -0.2) is 0 Å². The maximum atomic E-state index is 7.17. The topological polar surface area (TPSA) is 218 Å². The molecule has 0 spiro atoms.